The lowest BCUT2D eigenvalue weighted by Crippen LogP contribution is -2.32. The van der Waals surface area contributed by atoms with Crippen molar-refractivity contribution in [3.63, 3.8) is 0 Å². The standard InChI is InChI=1S/C24H30N4O2S/c1-5-15-27(16-19-13-11-18(3)12-14-19)22(29)17-31-24-26-25-23(28(24)6-2)20-9-7-8-10-21(20)30-4/h7-14H,5-6,15-17H2,1-4H3. The van der Waals surface area contributed by atoms with E-state index < -0.39 is 0 Å². The van der Waals surface area contributed by atoms with E-state index in [1.807, 2.05) is 33.7 Å². The lowest BCUT2D eigenvalue weighted by Gasteiger charge is -2.22. The van der Waals surface area contributed by atoms with Crippen LogP contribution in [-0.4, -0.2) is 45.0 Å². The van der Waals surface area contributed by atoms with Crippen LogP contribution in [0, 0.1) is 6.92 Å². The highest BCUT2D eigenvalue weighted by atomic mass is 32.2. The van der Waals surface area contributed by atoms with E-state index in [0.717, 1.165) is 40.8 Å². The van der Waals surface area contributed by atoms with Gasteiger partial charge >= 0.3 is 0 Å². The Hall–Kier alpha value is -2.80. The van der Waals surface area contributed by atoms with Crippen LogP contribution >= 0.6 is 11.8 Å². The summed E-state index contributed by atoms with van der Waals surface area (Å²) < 4.78 is 7.51. The number of carbonyl (C=O) groups is 1. The third-order valence-electron chi connectivity index (χ3n) is 5.05. The Morgan fingerprint density at radius 1 is 1.10 bits per heavy atom. The number of hydrogen-bond acceptors (Lipinski definition) is 5. The minimum atomic E-state index is 0.108. The van der Waals surface area contributed by atoms with Gasteiger partial charge in [-0.25, -0.2) is 0 Å². The molecule has 6 nitrogen and oxygen atoms in total. The summed E-state index contributed by atoms with van der Waals surface area (Å²) in [6, 6.07) is 16.1. The molecule has 0 aliphatic rings. The zero-order valence-corrected chi connectivity index (χ0v) is 19.5. The van der Waals surface area contributed by atoms with Gasteiger partial charge in [-0.2, -0.15) is 0 Å². The van der Waals surface area contributed by atoms with Crippen LogP contribution in [0.3, 0.4) is 0 Å². The number of nitrogens with zero attached hydrogens (tertiary/aromatic N) is 4. The van der Waals surface area contributed by atoms with Gasteiger partial charge in [0.05, 0.1) is 18.4 Å². The van der Waals surface area contributed by atoms with Gasteiger partial charge in [0.2, 0.25) is 5.91 Å². The van der Waals surface area contributed by atoms with E-state index in [0.29, 0.717) is 18.8 Å². The molecule has 2 aromatic carbocycles. The van der Waals surface area contributed by atoms with Crippen molar-refractivity contribution in [2.45, 2.75) is 45.4 Å². The van der Waals surface area contributed by atoms with E-state index in [4.69, 9.17) is 4.74 Å². The number of thioether (sulfide) groups is 1. The first-order valence-corrected chi connectivity index (χ1v) is 11.6. The van der Waals surface area contributed by atoms with Crippen molar-refractivity contribution in [3.8, 4) is 17.1 Å². The van der Waals surface area contributed by atoms with E-state index in [1.54, 1.807) is 7.11 Å². The van der Waals surface area contributed by atoms with Crippen molar-refractivity contribution in [2.24, 2.45) is 0 Å². The molecular weight excluding hydrogens is 408 g/mol. The highest BCUT2D eigenvalue weighted by Gasteiger charge is 2.19. The Kier molecular flexibility index (Phi) is 8.12. The van der Waals surface area contributed by atoms with Gasteiger partial charge in [-0.15, -0.1) is 10.2 Å². The van der Waals surface area contributed by atoms with Crippen molar-refractivity contribution < 1.29 is 9.53 Å². The van der Waals surface area contributed by atoms with Gasteiger partial charge in [0.1, 0.15) is 5.75 Å². The van der Waals surface area contributed by atoms with E-state index in [2.05, 4.69) is 55.2 Å². The van der Waals surface area contributed by atoms with Gasteiger partial charge in [-0.1, -0.05) is 60.6 Å². The molecule has 0 unspecified atom stereocenters. The summed E-state index contributed by atoms with van der Waals surface area (Å²) >= 11 is 1.43. The number of aromatic nitrogens is 3. The number of methoxy groups -OCH3 is 1. The van der Waals surface area contributed by atoms with Gasteiger partial charge in [-0.3, -0.25) is 4.79 Å². The van der Waals surface area contributed by atoms with Crippen LogP contribution in [0.2, 0.25) is 0 Å². The van der Waals surface area contributed by atoms with Crippen LogP contribution < -0.4 is 4.74 Å². The largest absolute Gasteiger partial charge is 0.496 e. The average molecular weight is 439 g/mol. The van der Waals surface area contributed by atoms with E-state index in [1.165, 1.54) is 17.3 Å². The first kappa shape index (κ1) is 22.9. The number of rotatable bonds is 10. The van der Waals surface area contributed by atoms with Crippen LogP contribution in [0.25, 0.3) is 11.4 Å². The second-order valence-electron chi connectivity index (χ2n) is 7.34. The normalized spacial score (nSPS) is 10.8. The maximum absolute atomic E-state index is 13.0. The Labute approximate surface area is 188 Å². The molecular formula is C24H30N4O2S. The van der Waals surface area contributed by atoms with Gasteiger partial charge in [0.25, 0.3) is 0 Å². The Balaban J connectivity index is 1.72. The first-order chi connectivity index (χ1) is 15.1. The minimum Gasteiger partial charge on any atom is -0.496 e. The van der Waals surface area contributed by atoms with Crippen LogP contribution in [0.4, 0.5) is 0 Å². The Morgan fingerprint density at radius 3 is 2.52 bits per heavy atom. The summed E-state index contributed by atoms with van der Waals surface area (Å²) in [4.78, 5) is 14.9. The third-order valence-corrected chi connectivity index (χ3v) is 6.00. The molecule has 1 aromatic heterocycles. The van der Waals surface area contributed by atoms with Crippen LogP contribution in [-0.2, 0) is 17.9 Å². The molecule has 31 heavy (non-hydrogen) atoms. The number of amides is 1. The third kappa shape index (κ3) is 5.67. The van der Waals surface area contributed by atoms with Crippen molar-refractivity contribution in [3.05, 3.63) is 59.7 Å². The predicted molar refractivity (Wildman–Crippen MR) is 125 cm³/mol. The topological polar surface area (TPSA) is 60.3 Å². The Morgan fingerprint density at radius 2 is 1.84 bits per heavy atom. The molecule has 0 atom stereocenters. The minimum absolute atomic E-state index is 0.108. The average Bonchev–Trinajstić information content (AvgIpc) is 3.21. The number of benzene rings is 2. The Bertz CT molecular complexity index is 1000. The molecule has 0 spiro atoms. The van der Waals surface area contributed by atoms with Gasteiger partial charge < -0.3 is 14.2 Å². The van der Waals surface area contributed by atoms with Crippen molar-refractivity contribution in [1.82, 2.24) is 19.7 Å². The molecule has 0 radical (unpaired) electrons. The molecule has 3 aromatic rings. The van der Waals surface area contributed by atoms with Gasteiger partial charge in [-0.05, 0) is 38.0 Å². The fourth-order valence-electron chi connectivity index (χ4n) is 3.40. The molecule has 7 heteroatoms. The number of para-hydroxylation sites is 1. The molecule has 1 amide bonds. The van der Waals surface area contributed by atoms with Crippen LogP contribution in [0.5, 0.6) is 5.75 Å². The zero-order chi connectivity index (χ0) is 22.2. The lowest BCUT2D eigenvalue weighted by molar-refractivity contribution is -0.129. The summed E-state index contributed by atoms with van der Waals surface area (Å²) in [5.74, 6) is 1.94. The van der Waals surface area contributed by atoms with Gasteiger partial charge in [0, 0.05) is 19.6 Å². The zero-order valence-electron chi connectivity index (χ0n) is 18.7. The summed E-state index contributed by atoms with van der Waals surface area (Å²) in [6.45, 7) is 8.28. The molecule has 1 heterocycles. The number of hydrogen-bond donors (Lipinski definition) is 0. The maximum Gasteiger partial charge on any atom is 0.233 e. The summed E-state index contributed by atoms with van der Waals surface area (Å²) in [6.07, 6.45) is 0.922. The highest BCUT2D eigenvalue weighted by molar-refractivity contribution is 7.99. The molecule has 0 aliphatic carbocycles. The summed E-state index contributed by atoms with van der Waals surface area (Å²) in [5.41, 5.74) is 3.26. The molecule has 0 aliphatic heterocycles. The van der Waals surface area contributed by atoms with E-state index in [9.17, 15) is 4.79 Å². The van der Waals surface area contributed by atoms with Crippen LogP contribution in [0.1, 0.15) is 31.4 Å². The number of carbonyl (C=O) groups excluding carboxylic acids is 1. The molecule has 0 N–H and O–H groups in total. The number of ether oxygens (including phenoxy) is 1. The van der Waals surface area contributed by atoms with Crippen molar-refractivity contribution >= 4 is 17.7 Å². The SMILES string of the molecule is CCCN(Cc1ccc(C)cc1)C(=O)CSc1nnc(-c2ccccc2OC)n1CC. The first-order valence-electron chi connectivity index (χ1n) is 10.6. The molecule has 3 rings (SSSR count). The fraction of sp³-hybridized carbons (Fsp3) is 0.375. The fourth-order valence-corrected chi connectivity index (χ4v) is 4.31. The maximum atomic E-state index is 13.0. The molecule has 164 valence electrons. The van der Waals surface area contributed by atoms with E-state index >= 15 is 0 Å². The van der Waals surface area contributed by atoms with Gasteiger partial charge in [0.15, 0.2) is 11.0 Å². The second-order valence-corrected chi connectivity index (χ2v) is 8.28. The molecule has 0 saturated carbocycles. The monoisotopic (exact) mass is 438 g/mol. The quantitative estimate of drug-likeness (QED) is 0.425. The summed E-state index contributed by atoms with van der Waals surface area (Å²) in [7, 11) is 1.65. The van der Waals surface area contributed by atoms with Crippen molar-refractivity contribution in [1.29, 1.82) is 0 Å². The smallest absolute Gasteiger partial charge is 0.233 e. The highest BCUT2D eigenvalue weighted by Crippen LogP contribution is 2.30. The molecule has 0 fully saturated rings. The van der Waals surface area contributed by atoms with Crippen molar-refractivity contribution in [2.75, 3.05) is 19.4 Å². The predicted octanol–water partition coefficient (Wildman–Crippen LogP) is 4.81. The van der Waals surface area contributed by atoms with Crippen LogP contribution in [0.15, 0.2) is 53.7 Å². The molecule has 0 bridgehead atoms. The van der Waals surface area contributed by atoms with E-state index in [-0.39, 0.29) is 5.91 Å². The number of aryl methyl sites for hydroxylation is 1. The molecule has 0 saturated heterocycles. The second kappa shape index (κ2) is 11.0. The lowest BCUT2D eigenvalue weighted by atomic mass is 10.1. The summed E-state index contributed by atoms with van der Waals surface area (Å²) in [5, 5.41) is 9.49.